The van der Waals surface area contributed by atoms with Gasteiger partial charge < -0.3 is 5.32 Å². The summed E-state index contributed by atoms with van der Waals surface area (Å²) >= 11 is 6.25. The van der Waals surface area contributed by atoms with Crippen molar-refractivity contribution in [3.8, 4) is 0 Å². The van der Waals surface area contributed by atoms with Crippen molar-refractivity contribution in [2.24, 2.45) is 0 Å². The number of amides is 1. The Morgan fingerprint density at radius 2 is 1.88 bits per heavy atom. The minimum absolute atomic E-state index is 0.00274. The summed E-state index contributed by atoms with van der Waals surface area (Å²) < 4.78 is 27.5. The number of hydrogen-bond donors (Lipinski definition) is 2. The van der Waals surface area contributed by atoms with Crippen LogP contribution in [-0.4, -0.2) is 46.2 Å². The number of anilines is 1. The van der Waals surface area contributed by atoms with Gasteiger partial charge in [-0.25, -0.2) is 18.7 Å². The Morgan fingerprint density at radius 3 is 2.53 bits per heavy atom. The Balaban J connectivity index is 1.58. The van der Waals surface area contributed by atoms with Crippen molar-refractivity contribution in [1.82, 2.24) is 20.2 Å². The van der Waals surface area contributed by atoms with Crippen LogP contribution in [-0.2, 0) is 4.79 Å². The van der Waals surface area contributed by atoms with Gasteiger partial charge in [0.25, 0.3) is 5.91 Å². The van der Waals surface area contributed by atoms with E-state index in [-0.39, 0.29) is 40.5 Å². The lowest BCUT2D eigenvalue weighted by molar-refractivity contribution is -0.117. The van der Waals surface area contributed by atoms with Gasteiger partial charge in [-0.3, -0.25) is 20.0 Å². The minimum Gasteiger partial charge on any atom is -0.350 e. The van der Waals surface area contributed by atoms with Crippen LogP contribution in [0.2, 0.25) is 0 Å². The molecule has 0 bridgehead atoms. The van der Waals surface area contributed by atoms with E-state index in [1.165, 1.54) is 17.2 Å². The zero-order valence-electron chi connectivity index (χ0n) is 18.7. The fraction of sp³-hybridized carbons (Fsp3) is 0.333. The molecule has 0 aliphatic carbocycles. The Morgan fingerprint density at radius 1 is 1.18 bits per heavy atom. The van der Waals surface area contributed by atoms with Gasteiger partial charge in [-0.1, -0.05) is 24.1 Å². The monoisotopic (exact) mass is 486 g/mol. The molecular weight excluding hydrogens is 462 g/mol. The number of nitrogens with zero attached hydrogens (tertiary/aromatic N) is 4. The van der Waals surface area contributed by atoms with E-state index < -0.39 is 17.5 Å². The molecular formula is C24H25ClF2N6O. The topological polar surface area (TPSA) is 85.2 Å². The number of likely N-dealkylation sites (tertiary alicyclic amines) is 1. The average Bonchev–Trinajstić information content (AvgIpc) is 3.20. The maximum absolute atomic E-state index is 14.0. The summed E-state index contributed by atoms with van der Waals surface area (Å²) in [5.41, 5.74) is 1.10. The third-order valence-electron chi connectivity index (χ3n) is 5.98. The molecule has 0 spiro atoms. The first-order valence-electron chi connectivity index (χ1n) is 11.1. The van der Waals surface area contributed by atoms with E-state index in [4.69, 9.17) is 17.0 Å². The van der Waals surface area contributed by atoms with E-state index in [9.17, 15) is 13.6 Å². The molecule has 2 aliphatic rings. The molecule has 2 aromatic rings. The smallest absolute Gasteiger partial charge is 0.253 e. The third kappa shape index (κ3) is 5.00. The van der Waals surface area contributed by atoms with Crippen molar-refractivity contribution >= 4 is 29.3 Å². The normalized spacial score (nSPS) is 19.1. The number of piperidine rings is 1. The van der Waals surface area contributed by atoms with E-state index in [0.29, 0.717) is 5.56 Å². The van der Waals surface area contributed by atoms with Gasteiger partial charge in [-0.15, -0.1) is 0 Å². The molecule has 1 fully saturated rings. The number of allylic oxidation sites excluding steroid dienone is 1. The quantitative estimate of drug-likeness (QED) is 0.636. The number of halogens is 3. The molecule has 34 heavy (non-hydrogen) atoms. The van der Waals surface area contributed by atoms with Crippen molar-refractivity contribution in [1.29, 1.82) is 5.41 Å². The molecule has 1 amide bonds. The SMILES string of the molecule is C/C(Cl)=C1\C(=N)N(c2ncccn2)C=C1C(=O)NCC(c1ccc(F)c(F)c1)N1CCCCC1. The molecule has 0 radical (unpaired) electrons. The highest BCUT2D eigenvalue weighted by molar-refractivity contribution is 6.35. The first-order valence-corrected chi connectivity index (χ1v) is 11.5. The highest BCUT2D eigenvalue weighted by Crippen LogP contribution is 2.31. The Hall–Kier alpha value is -3.17. The van der Waals surface area contributed by atoms with E-state index in [0.717, 1.165) is 38.4 Å². The summed E-state index contributed by atoms with van der Waals surface area (Å²) in [6, 6.07) is 5.19. The van der Waals surface area contributed by atoms with Crippen LogP contribution in [0.15, 0.2) is 59.0 Å². The van der Waals surface area contributed by atoms with Crippen LogP contribution in [0.4, 0.5) is 14.7 Å². The molecule has 4 rings (SSSR count). The zero-order valence-corrected chi connectivity index (χ0v) is 19.4. The van der Waals surface area contributed by atoms with Gasteiger partial charge in [0.1, 0.15) is 5.84 Å². The number of aromatic nitrogens is 2. The third-order valence-corrected chi connectivity index (χ3v) is 6.17. The van der Waals surface area contributed by atoms with Crippen LogP contribution >= 0.6 is 11.6 Å². The molecule has 1 saturated heterocycles. The summed E-state index contributed by atoms with van der Waals surface area (Å²) in [6.07, 6.45) is 7.69. The largest absolute Gasteiger partial charge is 0.350 e. The Kier molecular flexibility index (Phi) is 7.33. The number of carbonyl (C=O) groups excluding carboxylic acids is 1. The van der Waals surface area contributed by atoms with Gasteiger partial charge in [-0.2, -0.15) is 0 Å². The number of carbonyl (C=O) groups is 1. The Bertz CT molecular complexity index is 1140. The first kappa shape index (κ1) is 24.0. The predicted molar refractivity (Wildman–Crippen MR) is 126 cm³/mol. The minimum atomic E-state index is -0.917. The fourth-order valence-corrected chi connectivity index (χ4v) is 4.48. The van der Waals surface area contributed by atoms with Gasteiger partial charge in [-0.05, 0) is 56.6 Å². The molecule has 1 unspecified atom stereocenters. The number of nitrogens with one attached hydrogen (secondary N) is 2. The molecule has 3 heterocycles. The van der Waals surface area contributed by atoms with Gasteiger partial charge >= 0.3 is 0 Å². The number of amidine groups is 1. The van der Waals surface area contributed by atoms with Crippen LogP contribution in [0.3, 0.4) is 0 Å². The van der Waals surface area contributed by atoms with Crippen LogP contribution in [0.1, 0.15) is 37.8 Å². The van der Waals surface area contributed by atoms with Crippen LogP contribution in [0.5, 0.6) is 0 Å². The van der Waals surface area contributed by atoms with Gasteiger partial charge in [0.15, 0.2) is 11.6 Å². The summed E-state index contributed by atoms with van der Waals surface area (Å²) in [6.45, 7) is 3.40. The molecule has 10 heteroatoms. The van der Waals surface area contributed by atoms with Gasteiger partial charge in [0.2, 0.25) is 5.95 Å². The van der Waals surface area contributed by atoms with Crippen molar-refractivity contribution in [3.05, 3.63) is 76.2 Å². The summed E-state index contributed by atoms with van der Waals surface area (Å²) in [5, 5.41) is 11.7. The summed E-state index contributed by atoms with van der Waals surface area (Å²) in [5.74, 6) is -2.01. The highest BCUT2D eigenvalue weighted by atomic mass is 35.5. The van der Waals surface area contributed by atoms with Crippen LogP contribution < -0.4 is 10.2 Å². The van der Waals surface area contributed by atoms with Crippen LogP contribution in [0.25, 0.3) is 0 Å². The zero-order chi connectivity index (χ0) is 24.2. The molecule has 1 atom stereocenters. The summed E-state index contributed by atoms with van der Waals surface area (Å²) in [7, 11) is 0. The van der Waals surface area contributed by atoms with Gasteiger partial charge in [0, 0.05) is 35.7 Å². The molecule has 7 nitrogen and oxygen atoms in total. The fourth-order valence-electron chi connectivity index (χ4n) is 4.29. The maximum atomic E-state index is 14.0. The molecule has 2 aliphatic heterocycles. The highest BCUT2D eigenvalue weighted by Gasteiger charge is 2.33. The lowest BCUT2D eigenvalue weighted by Crippen LogP contribution is -2.41. The van der Waals surface area contributed by atoms with Crippen molar-refractivity contribution in [2.75, 3.05) is 24.5 Å². The second-order valence-electron chi connectivity index (χ2n) is 8.21. The predicted octanol–water partition coefficient (Wildman–Crippen LogP) is 4.29. The lowest BCUT2D eigenvalue weighted by atomic mass is 10.0. The molecule has 178 valence electrons. The number of benzene rings is 1. The summed E-state index contributed by atoms with van der Waals surface area (Å²) in [4.78, 5) is 25.1. The van der Waals surface area contributed by atoms with E-state index >= 15 is 0 Å². The lowest BCUT2D eigenvalue weighted by Gasteiger charge is -2.35. The van der Waals surface area contributed by atoms with Crippen molar-refractivity contribution in [3.63, 3.8) is 0 Å². The first-order chi connectivity index (χ1) is 16.4. The molecule has 1 aromatic heterocycles. The number of rotatable bonds is 6. The molecule has 1 aromatic carbocycles. The van der Waals surface area contributed by atoms with E-state index in [1.54, 1.807) is 31.5 Å². The number of hydrogen-bond acceptors (Lipinski definition) is 5. The Labute approximate surface area is 201 Å². The second kappa shape index (κ2) is 10.4. The molecule has 2 N–H and O–H groups in total. The standard InChI is InChI=1S/C24H25ClF2N6O/c1-15(25)21-17(14-33(22(21)28)24-29-8-5-9-30-24)23(34)31-13-20(32-10-3-2-4-11-32)16-6-7-18(26)19(27)12-16/h5-9,12,14,20,28H,2-4,10-11,13H2,1H3,(H,31,34)/b21-15+,28-22?. The van der Waals surface area contributed by atoms with Crippen LogP contribution in [0, 0.1) is 17.0 Å². The maximum Gasteiger partial charge on any atom is 0.253 e. The van der Waals surface area contributed by atoms with Crippen molar-refractivity contribution < 1.29 is 13.6 Å². The van der Waals surface area contributed by atoms with Crippen molar-refractivity contribution in [2.45, 2.75) is 32.2 Å². The van der Waals surface area contributed by atoms with E-state index in [2.05, 4.69) is 20.2 Å². The van der Waals surface area contributed by atoms with E-state index in [1.807, 2.05) is 0 Å². The van der Waals surface area contributed by atoms with Gasteiger partial charge in [0.05, 0.1) is 11.6 Å². The second-order valence-corrected chi connectivity index (χ2v) is 8.78. The average molecular weight is 487 g/mol. The molecule has 0 saturated carbocycles.